The number of nitrogens with zero attached hydrogens (tertiary/aromatic N) is 2. The zero-order chi connectivity index (χ0) is 16.5. The van der Waals surface area contributed by atoms with E-state index in [2.05, 4.69) is 55.7 Å². The highest BCUT2D eigenvalue weighted by molar-refractivity contribution is 7.98. The number of rotatable bonds is 8. The molecule has 22 heavy (non-hydrogen) atoms. The lowest BCUT2D eigenvalue weighted by atomic mass is 10.1. The van der Waals surface area contributed by atoms with E-state index in [0.29, 0.717) is 19.1 Å². The minimum atomic E-state index is -0.0162. The number of carbonyl (C=O) groups excluding carboxylic acids is 1. The van der Waals surface area contributed by atoms with Crippen molar-refractivity contribution in [2.24, 2.45) is 0 Å². The van der Waals surface area contributed by atoms with E-state index in [1.165, 1.54) is 4.90 Å². The first kappa shape index (κ1) is 18.8. The average Bonchev–Trinajstić information content (AvgIpc) is 2.50. The summed E-state index contributed by atoms with van der Waals surface area (Å²) in [5.74, 6) is 0. The van der Waals surface area contributed by atoms with Crippen LogP contribution in [0.1, 0.15) is 25.3 Å². The lowest BCUT2D eigenvalue weighted by molar-refractivity contribution is 0.199. The highest BCUT2D eigenvalue weighted by Crippen LogP contribution is 2.16. The van der Waals surface area contributed by atoms with Crippen LogP contribution in [-0.2, 0) is 6.54 Å². The molecule has 0 unspecified atom stereocenters. The van der Waals surface area contributed by atoms with Gasteiger partial charge in [-0.3, -0.25) is 0 Å². The van der Waals surface area contributed by atoms with Crippen molar-refractivity contribution < 1.29 is 4.79 Å². The molecule has 0 spiro atoms. The van der Waals surface area contributed by atoms with Gasteiger partial charge in [-0.2, -0.15) is 0 Å². The molecule has 1 rings (SSSR count). The Balaban J connectivity index is 2.50. The maximum atomic E-state index is 12.2. The lowest BCUT2D eigenvalue weighted by Crippen LogP contribution is -2.44. The van der Waals surface area contributed by atoms with Crippen molar-refractivity contribution in [2.75, 3.05) is 33.9 Å². The maximum absolute atomic E-state index is 12.2. The van der Waals surface area contributed by atoms with E-state index >= 15 is 0 Å². The number of amides is 2. The minimum Gasteiger partial charge on any atom is -0.336 e. The van der Waals surface area contributed by atoms with E-state index in [0.717, 1.165) is 18.4 Å². The summed E-state index contributed by atoms with van der Waals surface area (Å²) >= 11 is 1.72. The van der Waals surface area contributed by atoms with E-state index in [9.17, 15) is 4.79 Å². The van der Waals surface area contributed by atoms with Gasteiger partial charge in [-0.15, -0.1) is 11.8 Å². The van der Waals surface area contributed by atoms with Crippen LogP contribution in [0.2, 0.25) is 0 Å². The molecule has 0 bridgehead atoms. The van der Waals surface area contributed by atoms with Crippen LogP contribution in [0.15, 0.2) is 29.2 Å². The molecule has 0 aliphatic rings. The normalized spacial score (nSPS) is 12.3. The zero-order valence-electron chi connectivity index (χ0n) is 14.4. The number of urea groups is 1. The van der Waals surface area contributed by atoms with Crippen molar-refractivity contribution in [1.29, 1.82) is 0 Å². The number of hydrogen-bond acceptors (Lipinski definition) is 3. The highest BCUT2D eigenvalue weighted by Gasteiger charge is 2.14. The fourth-order valence-corrected chi connectivity index (χ4v) is 2.82. The van der Waals surface area contributed by atoms with E-state index in [4.69, 9.17) is 0 Å². The summed E-state index contributed by atoms with van der Waals surface area (Å²) in [5, 5.41) is 3.04. The monoisotopic (exact) mass is 323 g/mol. The number of thioether (sulfide) groups is 1. The minimum absolute atomic E-state index is 0.0162. The summed E-state index contributed by atoms with van der Waals surface area (Å²) in [5.41, 5.74) is 1.15. The van der Waals surface area contributed by atoms with Crippen molar-refractivity contribution >= 4 is 17.8 Å². The zero-order valence-corrected chi connectivity index (χ0v) is 15.2. The first-order chi connectivity index (χ1) is 10.5. The molecule has 0 aliphatic carbocycles. The lowest BCUT2D eigenvalue weighted by Gasteiger charge is -2.26. The first-order valence-electron chi connectivity index (χ1n) is 7.76. The van der Waals surface area contributed by atoms with Gasteiger partial charge in [0.15, 0.2) is 0 Å². The standard InChI is InChI=1S/C17H29N3OS/c1-6-8-15(19(2)3)12-18-17(21)20(4)13-14-9-7-10-16(11-14)22-5/h7,9-11,15H,6,8,12-13H2,1-5H3,(H,18,21)/t15-/m1/s1. The van der Waals surface area contributed by atoms with Crippen LogP contribution in [0.3, 0.4) is 0 Å². The number of likely N-dealkylation sites (N-methyl/N-ethyl adjacent to an activating group) is 1. The first-order valence-corrected chi connectivity index (χ1v) is 8.98. The van der Waals surface area contributed by atoms with Crippen LogP contribution in [0.4, 0.5) is 4.79 Å². The summed E-state index contributed by atoms with van der Waals surface area (Å²) in [6, 6.07) is 8.69. The number of benzene rings is 1. The fourth-order valence-electron chi connectivity index (χ4n) is 2.33. The molecular weight excluding hydrogens is 294 g/mol. The molecule has 5 heteroatoms. The molecule has 0 radical (unpaired) electrons. The second-order valence-corrected chi connectivity index (χ2v) is 6.68. The van der Waals surface area contributed by atoms with Gasteiger partial charge < -0.3 is 15.1 Å². The molecule has 0 heterocycles. The van der Waals surface area contributed by atoms with Crippen molar-refractivity contribution in [1.82, 2.24) is 15.1 Å². The molecular formula is C17H29N3OS. The third kappa shape index (κ3) is 6.28. The molecule has 0 saturated heterocycles. The topological polar surface area (TPSA) is 35.6 Å². The Bertz CT molecular complexity index is 465. The van der Waals surface area contributed by atoms with Crippen LogP contribution < -0.4 is 5.32 Å². The molecule has 124 valence electrons. The second-order valence-electron chi connectivity index (χ2n) is 5.80. The molecule has 0 fully saturated rings. The van der Waals surface area contributed by atoms with Gasteiger partial charge in [-0.25, -0.2) is 4.79 Å². The predicted octanol–water partition coefficient (Wildman–Crippen LogP) is 3.28. The molecule has 0 saturated carbocycles. The van der Waals surface area contributed by atoms with Crippen LogP contribution >= 0.6 is 11.8 Å². The van der Waals surface area contributed by atoms with Gasteiger partial charge in [-0.05, 0) is 44.5 Å². The molecule has 0 aliphatic heterocycles. The van der Waals surface area contributed by atoms with Gasteiger partial charge in [-0.1, -0.05) is 25.5 Å². The van der Waals surface area contributed by atoms with Crippen molar-refractivity contribution in [3.05, 3.63) is 29.8 Å². The van der Waals surface area contributed by atoms with Crippen LogP contribution in [-0.4, -0.2) is 55.8 Å². The Labute approximate surface area is 139 Å². The van der Waals surface area contributed by atoms with Crippen LogP contribution in [0.25, 0.3) is 0 Å². The summed E-state index contributed by atoms with van der Waals surface area (Å²) < 4.78 is 0. The van der Waals surface area contributed by atoms with Crippen LogP contribution in [0, 0.1) is 0 Å². The Morgan fingerprint density at radius 3 is 2.64 bits per heavy atom. The molecule has 1 aromatic rings. The quantitative estimate of drug-likeness (QED) is 0.746. The van der Waals surface area contributed by atoms with E-state index < -0.39 is 0 Å². The van der Waals surface area contributed by atoms with Crippen LogP contribution in [0.5, 0.6) is 0 Å². The molecule has 1 atom stereocenters. The van der Waals surface area contributed by atoms with Gasteiger partial charge in [0.05, 0.1) is 0 Å². The SMILES string of the molecule is CCC[C@H](CNC(=O)N(C)Cc1cccc(SC)c1)N(C)C. The summed E-state index contributed by atoms with van der Waals surface area (Å²) in [7, 11) is 5.96. The van der Waals surface area contributed by atoms with Gasteiger partial charge in [0.2, 0.25) is 0 Å². The molecule has 4 nitrogen and oxygen atoms in total. The van der Waals surface area contributed by atoms with E-state index in [1.807, 2.05) is 13.1 Å². The molecule has 1 aromatic carbocycles. The van der Waals surface area contributed by atoms with Crippen molar-refractivity contribution in [2.45, 2.75) is 37.2 Å². The molecule has 1 N–H and O–H groups in total. The smallest absolute Gasteiger partial charge is 0.317 e. The Morgan fingerprint density at radius 2 is 2.05 bits per heavy atom. The Hall–Kier alpha value is -1.20. The third-order valence-corrected chi connectivity index (χ3v) is 4.47. The summed E-state index contributed by atoms with van der Waals surface area (Å²) in [6.07, 6.45) is 4.27. The molecule has 2 amide bonds. The van der Waals surface area contributed by atoms with Gasteiger partial charge in [0, 0.05) is 31.1 Å². The number of nitrogens with one attached hydrogen (secondary N) is 1. The van der Waals surface area contributed by atoms with Gasteiger partial charge >= 0.3 is 6.03 Å². The Kier molecular flexibility index (Phi) is 8.35. The number of carbonyl (C=O) groups is 1. The summed E-state index contributed by atoms with van der Waals surface area (Å²) in [6.45, 7) is 3.48. The fraction of sp³-hybridized carbons (Fsp3) is 0.588. The average molecular weight is 324 g/mol. The number of hydrogen-bond donors (Lipinski definition) is 1. The third-order valence-electron chi connectivity index (χ3n) is 3.74. The van der Waals surface area contributed by atoms with Crippen molar-refractivity contribution in [3.63, 3.8) is 0 Å². The second kappa shape index (κ2) is 9.74. The summed E-state index contributed by atoms with van der Waals surface area (Å²) in [4.78, 5) is 17.4. The highest BCUT2D eigenvalue weighted by atomic mass is 32.2. The largest absolute Gasteiger partial charge is 0.336 e. The van der Waals surface area contributed by atoms with Gasteiger partial charge in [0.25, 0.3) is 0 Å². The maximum Gasteiger partial charge on any atom is 0.317 e. The van der Waals surface area contributed by atoms with Crippen molar-refractivity contribution in [3.8, 4) is 0 Å². The van der Waals surface area contributed by atoms with Gasteiger partial charge in [0.1, 0.15) is 0 Å². The predicted molar refractivity (Wildman–Crippen MR) is 95.5 cm³/mol. The van der Waals surface area contributed by atoms with E-state index in [1.54, 1.807) is 16.7 Å². The molecule has 0 aromatic heterocycles. The van der Waals surface area contributed by atoms with E-state index in [-0.39, 0.29) is 6.03 Å². The Morgan fingerprint density at radius 1 is 1.32 bits per heavy atom.